The summed E-state index contributed by atoms with van der Waals surface area (Å²) in [4.78, 5) is 15.3. The van der Waals surface area contributed by atoms with Crippen LogP contribution in [0.15, 0.2) is 0 Å². The molecule has 2 atom stereocenters. The van der Waals surface area contributed by atoms with Gasteiger partial charge in [0.15, 0.2) is 0 Å². The maximum Gasteiger partial charge on any atom is 0.228 e. The zero-order valence-electron chi connectivity index (χ0n) is 14.5. The summed E-state index contributed by atoms with van der Waals surface area (Å²) in [5, 5.41) is 0. The van der Waals surface area contributed by atoms with E-state index in [0.29, 0.717) is 11.3 Å². The SMILES string of the molecule is CC1CC2CC(C1)CC(C)(C(=O)N1CCC(C)(C)CC1)C2. The fraction of sp³-hybridized carbons (Fsp3) is 0.947. The first kappa shape index (κ1) is 15.4. The Balaban J connectivity index is 1.67. The Labute approximate surface area is 130 Å². The number of nitrogens with zero attached hydrogens (tertiary/aromatic N) is 1. The number of hydrogen-bond acceptors (Lipinski definition) is 1. The zero-order chi connectivity index (χ0) is 15.3. The van der Waals surface area contributed by atoms with Crippen molar-refractivity contribution in [3.05, 3.63) is 0 Å². The second-order valence-corrected chi connectivity index (χ2v) is 9.47. The number of piperidine rings is 1. The van der Waals surface area contributed by atoms with E-state index in [0.717, 1.165) is 43.7 Å². The van der Waals surface area contributed by atoms with E-state index in [9.17, 15) is 4.79 Å². The first-order valence-electron chi connectivity index (χ1n) is 9.07. The lowest BCUT2D eigenvalue weighted by Crippen LogP contribution is -2.51. The van der Waals surface area contributed by atoms with Crippen LogP contribution in [0.5, 0.6) is 0 Å². The molecule has 0 radical (unpaired) electrons. The number of amides is 1. The van der Waals surface area contributed by atoms with Crippen LogP contribution >= 0.6 is 0 Å². The van der Waals surface area contributed by atoms with Gasteiger partial charge in [0, 0.05) is 18.5 Å². The highest BCUT2D eigenvalue weighted by Gasteiger charge is 2.47. The second kappa shape index (κ2) is 5.28. The number of carbonyl (C=O) groups excluding carboxylic acids is 1. The second-order valence-electron chi connectivity index (χ2n) is 9.47. The Bertz CT molecular complexity index is 386. The van der Waals surface area contributed by atoms with E-state index in [2.05, 4.69) is 32.6 Å². The first-order chi connectivity index (χ1) is 9.77. The minimum atomic E-state index is -0.0603. The van der Waals surface area contributed by atoms with Crippen molar-refractivity contribution in [1.82, 2.24) is 4.90 Å². The molecule has 2 unspecified atom stereocenters. The van der Waals surface area contributed by atoms with Crippen LogP contribution in [-0.4, -0.2) is 23.9 Å². The monoisotopic (exact) mass is 291 g/mol. The van der Waals surface area contributed by atoms with E-state index >= 15 is 0 Å². The Morgan fingerprint density at radius 3 is 2.00 bits per heavy atom. The van der Waals surface area contributed by atoms with Gasteiger partial charge in [-0.25, -0.2) is 0 Å². The summed E-state index contributed by atoms with van der Waals surface area (Å²) in [6, 6.07) is 0. The molecule has 2 bridgehead atoms. The largest absolute Gasteiger partial charge is 0.342 e. The van der Waals surface area contributed by atoms with Crippen LogP contribution < -0.4 is 0 Å². The third-order valence-corrected chi connectivity index (χ3v) is 6.54. The number of rotatable bonds is 1. The van der Waals surface area contributed by atoms with Crippen LogP contribution in [0.4, 0.5) is 0 Å². The van der Waals surface area contributed by atoms with Crippen molar-refractivity contribution in [2.24, 2.45) is 28.6 Å². The molecule has 1 saturated heterocycles. The van der Waals surface area contributed by atoms with Crippen molar-refractivity contribution in [1.29, 1.82) is 0 Å². The predicted molar refractivity (Wildman–Crippen MR) is 86.9 cm³/mol. The van der Waals surface area contributed by atoms with Gasteiger partial charge in [0.2, 0.25) is 5.91 Å². The van der Waals surface area contributed by atoms with Gasteiger partial charge in [0.1, 0.15) is 0 Å². The van der Waals surface area contributed by atoms with E-state index in [-0.39, 0.29) is 5.41 Å². The van der Waals surface area contributed by atoms with Crippen molar-refractivity contribution in [2.75, 3.05) is 13.1 Å². The highest BCUT2D eigenvalue weighted by Crippen LogP contribution is 2.51. The summed E-state index contributed by atoms with van der Waals surface area (Å²) in [7, 11) is 0. The number of likely N-dealkylation sites (tertiary alicyclic amines) is 1. The molecule has 120 valence electrons. The van der Waals surface area contributed by atoms with Gasteiger partial charge in [-0.05, 0) is 68.1 Å². The molecular formula is C19H33NO. The summed E-state index contributed by atoms with van der Waals surface area (Å²) in [5.41, 5.74) is 0.366. The minimum Gasteiger partial charge on any atom is -0.342 e. The standard InChI is InChI=1S/C19H33NO/c1-14-9-15-11-16(10-14)13-19(4,12-15)17(21)20-7-5-18(2,3)6-8-20/h14-16H,5-13H2,1-4H3. The van der Waals surface area contributed by atoms with Gasteiger partial charge in [-0.1, -0.05) is 27.7 Å². The van der Waals surface area contributed by atoms with Crippen molar-refractivity contribution in [3.8, 4) is 0 Å². The van der Waals surface area contributed by atoms with Gasteiger partial charge in [-0.3, -0.25) is 4.79 Å². The van der Waals surface area contributed by atoms with E-state index in [1.54, 1.807) is 0 Å². The molecule has 0 aromatic heterocycles. The number of carbonyl (C=O) groups is 1. The van der Waals surface area contributed by atoms with Crippen molar-refractivity contribution < 1.29 is 4.79 Å². The van der Waals surface area contributed by atoms with Crippen LogP contribution in [0.1, 0.15) is 72.6 Å². The van der Waals surface area contributed by atoms with Crippen LogP contribution in [0, 0.1) is 28.6 Å². The molecule has 2 nitrogen and oxygen atoms in total. The van der Waals surface area contributed by atoms with Gasteiger partial charge in [0.05, 0.1) is 0 Å². The Morgan fingerprint density at radius 1 is 0.952 bits per heavy atom. The molecule has 2 heteroatoms. The average molecular weight is 291 g/mol. The lowest BCUT2D eigenvalue weighted by atomic mass is 9.59. The predicted octanol–water partition coefficient (Wildman–Crippen LogP) is 4.49. The van der Waals surface area contributed by atoms with E-state index in [4.69, 9.17) is 0 Å². The molecule has 21 heavy (non-hydrogen) atoms. The Morgan fingerprint density at radius 2 is 1.48 bits per heavy atom. The fourth-order valence-electron chi connectivity index (χ4n) is 5.46. The number of fused-ring (bicyclic) bond motifs is 2. The summed E-state index contributed by atoms with van der Waals surface area (Å²) in [6.45, 7) is 11.3. The molecule has 2 saturated carbocycles. The summed E-state index contributed by atoms with van der Waals surface area (Å²) in [6.07, 6.45) is 8.72. The zero-order valence-corrected chi connectivity index (χ0v) is 14.5. The smallest absolute Gasteiger partial charge is 0.228 e. The molecule has 1 heterocycles. The third-order valence-electron chi connectivity index (χ3n) is 6.54. The van der Waals surface area contributed by atoms with E-state index in [1.807, 2.05) is 0 Å². The molecule has 0 N–H and O–H groups in total. The normalized spacial score (nSPS) is 42.7. The maximum atomic E-state index is 13.1. The van der Waals surface area contributed by atoms with Crippen LogP contribution in [0.25, 0.3) is 0 Å². The molecule has 3 fully saturated rings. The van der Waals surface area contributed by atoms with Crippen molar-refractivity contribution in [3.63, 3.8) is 0 Å². The molecule has 3 aliphatic rings. The van der Waals surface area contributed by atoms with Crippen molar-refractivity contribution in [2.45, 2.75) is 72.6 Å². The quantitative estimate of drug-likeness (QED) is 0.697. The Hall–Kier alpha value is -0.530. The summed E-state index contributed by atoms with van der Waals surface area (Å²) < 4.78 is 0. The van der Waals surface area contributed by atoms with Gasteiger partial charge in [-0.2, -0.15) is 0 Å². The summed E-state index contributed by atoms with van der Waals surface area (Å²) in [5.74, 6) is 2.97. The molecule has 0 spiro atoms. The molecule has 0 aromatic rings. The van der Waals surface area contributed by atoms with Gasteiger partial charge in [-0.15, -0.1) is 0 Å². The van der Waals surface area contributed by atoms with Gasteiger partial charge in [0.25, 0.3) is 0 Å². The topological polar surface area (TPSA) is 20.3 Å². The maximum absolute atomic E-state index is 13.1. The molecule has 2 aliphatic carbocycles. The first-order valence-corrected chi connectivity index (χ1v) is 9.07. The minimum absolute atomic E-state index is 0.0603. The molecule has 3 rings (SSSR count). The van der Waals surface area contributed by atoms with E-state index in [1.165, 1.54) is 32.1 Å². The highest BCUT2D eigenvalue weighted by atomic mass is 16.2. The van der Waals surface area contributed by atoms with Crippen LogP contribution in [-0.2, 0) is 4.79 Å². The average Bonchev–Trinajstić information content (AvgIpc) is 2.36. The molecule has 1 amide bonds. The molecule has 0 aromatic carbocycles. The lowest BCUT2D eigenvalue weighted by molar-refractivity contribution is -0.148. The van der Waals surface area contributed by atoms with Crippen LogP contribution in [0.2, 0.25) is 0 Å². The molecular weight excluding hydrogens is 258 g/mol. The third kappa shape index (κ3) is 3.14. The van der Waals surface area contributed by atoms with E-state index < -0.39 is 0 Å². The number of hydrogen-bond donors (Lipinski definition) is 0. The Kier molecular flexibility index (Phi) is 3.86. The lowest BCUT2D eigenvalue weighted by Gasteiger charge is -2.49. The van der Waals surface area contributed by atoms with Crippen molar-refractivity contribution >= 4 is 5.91 Å². The van der Waals surface area contributed by atoms with Gasteiger partial charge < -0.3 is 4.90 Å². The fourth-order valence-corrected chi connectivity index (χ4v) is 5.46. The van der Waals surface area contributed by atoms with Crippen LogP contribution in [0.3, 0.4) is 0 Å². The van der Waals surface area contributed by atoms with Gasteiger partial charge >= 0.3 is 0 Å². The highest BCUT2D eigenvalue weighted by molar-refractivity contribution is 5.82. The molecule has 1 aliphatic heterocycles. The summed E-state index contributed by atoms with van der Waals surface area (Å²) >= 11 is 0.